The van der Waals surface area contributed by atoms with Crippen molar-refractivity contribution in [1.29, 1.82) is 0 Å². The van der Waals surface area contributed by atoms with Crippen LogP contribution in [0, 0.1) is 0 Å². The van der Waals surface area contributed by atoms with Crippen LogP contribution in [0.25, 0.3) is 0 Å². The van der Waals surface area contributed by atoms with Crippen LogP contribution in [0.5, 0.6) is 11.5 Å². The highest BCUT2D eigenvalue weighted by atomic mass is 35.5. The second-order valence-electron chi connectivity index (χ2n) is 3.48. The number of phenolic OH excluding ortho intramolecular Hbond substituents is 2. The van der Waals surface area contributed by atoms with Crippen LogP contribution in [0.3, 0.4) is 0 Å². The number of rotatable bonds is 5. The quantitative estimate of drug-likeness (QED) is 0.692. The van der Waals surface area contributed by atoms with Gasteiger partial charge in [0.05, 0.1) is 18.2 Å². The Balaban J connectivity index is 2.75. The van der Waals surface area contributed by atoms with Crippen molar-refractivity contribution < 1.29 is 19.7 Å². The van der Waals surface area contributed by atoms with E-state index in [1.807, 2.05) is 0 Å². The smallest absolute Gasteiger partial charge is 0.255 e. The van der Waals surface area contributed by atoms with Crippen molar-refractivity contribution in [1.82, 2.24) is 5.32 Å². The monoisotopic (exact) mass is 259 g/mol. The Bertz CT molecular complexity index is 397. The van der Waals surface area contributed by atoms with E-state index in [0.29, 0.717) is 0 Å². The van der Waals surface area contributed by atoms with Gasteiger partial charge in [-0.15, -0.1) is 11.6 Å². The topological polar surface area (TPSA) is 78.8 Å². The molecular weight excluding hydrogens is 246 g/mol. The number of aromatic hydroxyl groups is 2. The van der Waals surface area contributed by atoms with Crippen molar-refractivity contribution in [2.45, 2.75) is 6.04 Å². The molecule has 5 nitrogen and oxygen atoms in total. The van der Waals surface area contributed by atoms with E-state index in [9.17, 15) is 9.90 Å². The van der Waals surface area contributed by atoms with Crippen LogP contribution in [0.2, 0.25) is 0 Å². The number of nitrogens with one attached hydrogen (secondary N) is 1. The van der Waals surface area contributed by atoms with E-state index in [0.717, 1.165) is 6.07 Å². The third-order valence-electron chi connectivity index (χ3n) is 2.12. The lowest BCUT2D eigenvalue weighted by Crippen LogP contribution is -2.39. The Kier molecular flexibility index (Phi) is 5.06. The summed E-state index contributed by atoms with van der Waals surface area (Å²) in [6.45, 7) is 0.286. The highest BCUT2D eigenvalue weighted by molar-refractivity contribution is 6.18. The van der Waals surface area contributed by atoms with Crippen LogP contribution >= 0.6 is 11.6 Å². The molecule has 0 heterocycles. The lowest BCUT2D eigenvalue weighted by atomic mass is 10.1. The van der Waals surface area contributed by atoms with Crippen LogP contribution in [-0.2, 0) is 4.74 Å². The molecule has 0 saturated heterocycles. The number of carbonyl (C=O) groups is 1. The summed E-state index contributed by atoms with van der Waals surface area (Å²) < 4.78 is 4.88. The van der Waals surface area contributed by atoms with Gasteiger partial charge in [-0.2, -0.15) is 0 Å². The summed E-state index contributed by atoms with van der Waals surface area (Å²) in [4.78, 5) is 11.8. The van der Waals surface area contributed by atoms with Crippen molar-refractivity contribution in [3.05, 3.63) is 23.8 Å². The fourth-order valence-corrected chi connectivity index (χ4v) is 1.47. The Morgan fingerprint density at radius 3 is 2.76 bits per heavy atom. The van der Waals surface area contributed by atoms with E-state index < -0.39 is 5.91 Å². The molecule has 0 aliphatic heterocycles. The lowest BCUT2D eigenvalue weighted by molar-refractivity contribution is 0.0904. The van der Waals surface area contributed by atoms with E-state index in [1.54, 1.807) is 0 Å². The number of hydrogen-bond donors (Lipinski definition) is 3. The lowest BCUT2D eigenvalue weighted by Gasteiger charge is -2.15. The van der Waals surface area contributed by atoms with Crippen LogP contribution in [0.15, 0.2) is 18.2 Å². The number of benzene rings is 1. The maximum absolute atomic E-state index is 11.8. The Morgan fingerprint density at radius 2 is 2.24 bits per heavy atom. The van der Waals surface area contributed by atoms with Gasteiger partial charge in [0.1, 0.15) is 11.5 Å². The first-order valence-electron chi connectivity index (χ1n) is 4.96. The molecule has 0 aromatic heterocycles. The van der Waals surface area contributed by atoms with E-state index >= 15 is 0 Å². The highest BCUT2D eigenvalue weighted by Crippen LogP contribution is 2.22. The van der Waals surface area contributed by atoms with Gasteiger partial charge in [0, 0.05) is 19.1 Å². The van der Waals surface area contributed by atoms with Gasteiger partial charge in [0.15, 0.2) is 0 Å². The number of carbonyl (C=O) groups excluding carboxylic acids is 1. The third kappa shape index (κ3) is 3.80. The van der Waals surface area contributed by atoms with E-state index in [2.05, 4.69) is 5.32 Å². The summed E-state index contributed by atoms with van der Waals surface area (Å²) in [5.74, 6) is -0.651. The first-order valence-corrected chi connectivity index (χ1v) is 5.49. The first kappa shape index (κ1) is 13.6. The first-order chi connectivity index (χ1) is 8.08. The SMILES string of the molecule is COCC(CCl)NC(=O)c1ccc(O)cc1O. The maximum Gasteiger partial charge on any atom is 0.255 e. The zero-order valence-corrected chi connectivity index (χ0v) is 10.1. The molecule has 6 heteroatoms. The summed E-state index contributed by atoms with van der Waals surface area (Å²) in [7, 11) is 1.50. The molecule has 0 bridgehead atoms. The fraction of sp³-hybridized carbons (Fsp3) is 0.364. The molecule has 0 aliphatic rings. The summed E-state index contributed by atoms with van der Waals surface area (Å²) >= 11 is 5.65. The zero-order valence-electron chi connectivity index (χ0n) is 9.31. The number of ether oxygens (including phenoxy) is 1. The molecule has 0 aliphatic carbocycles. The molecule has 1 amide bonds. The van der Waals surface area contributed by atoms with Crippen LogP contribution in [0.1, 0.15) is 10.4 Å². The zero-order chi connectivity index (χ0) is 12.8. The predicted molar refractivity (Wildman–Crippen MR) is 63.6 cm³/mol. The Hall–Kier alpha value is -1.46. The molecule has 0 spiro atoms. The van der Waals surface area contributed by atoms with Gasteiger partial charge in [0.25, 0.3) is 5.91 Å². The van der Waals surface area contributed by atoms with Gasteiger partial charge in [-0.3, -0.25) is 4.79 Å². The van der Waals surface area contributed by atoms with Crippen molar-refractivity contribution in [2.24, 2.45) is 0 Å². The number of methoxy groups -OCH3 is 1. The summed E-state index contributed by atoms with van der Waals surface area (Å²) in [5.41, 5.74) is 0.0778. The molecular formula is C11H14ClNO4. The minimum Gasteiger partial charge on any atom is -0.508 e. The maximum atomic E-state index is 11.8. The Morgan fingerprint density at radius 1 is 1.53 bits per heavy atom. The van der Waals surface area contributed by atoms with Gasteiger partial charge < -0.3 is 20.3 Å². The minimum atomic E-state index is -0.467. The van der Waals surface area contributed by atoms with Gasteiger partial charge >= 0.3 is 0 Å². The molecule has 1 rings (SSSR count). The van der Waals surface area contributed by atoms with Crippen LogP contribution in [0.4, 0.5) is 0 Å². The number of alkyl halides is 1. The number of hydrogen-bond acceptors (Lipinski definition) is 4. The van der Waals surface area contributed by atoms with Crippen LogP contribution in [-0.4, -0.2) is 41.8 Å². The number of halogens is 1. The number of phenols is 2. The van der Waals surface area contributed by atoms with E-state index in [-0.39, 0.29) is 35.6 Å². The molecule has 0 radical (unpaired) electrons. The van der Waals surface area contributed by atoms with E-state index in [1.165, 1.54) is 19.2 Å². The fourth-order valence-electron chi connectivity index (χ4n) is 1.30. The normalized spacial score (nSPS) is 12.1. The summed E-state index contributed by atoms with van der Waals surface area (Å²) in [6.07, 6.45) is 0. The molecule has 17 heavy (non-hydrogen) atoms. The largest absolute Gasteiger partial charge is 0.508 e. The summed E-state index contributed by atoms with van der Waals surface area (Å²) in [6, 6.07) is 3.42. The minimum absolute atomic E-state index is 0.0778. The van der Waals surface area contributed by atoms with Gasteiger partial charge in [-0.05, 0) is 12.1 Å². The molecule has 1 aromatic carbocycles. The van der Waals surface area contributed by atoms with Crippen molar-refractivity contribution in [2.75, 3.05) is 19.6 Å². The van der Waals surface area contributed by atoms with E-state index in [4.69, 9.17) is 21.4 Å². The predicted octanol–water partition coefficient (Wildman–Crippen LogP) is 1.08. The standard InChI is InChI=1S/C11H14ClNO4/c1-17-6-7(5-12)13-11(16)9-3-2-8(14)4-10(9)15/h2-4,7,14-15H,5-6H2,1H3,(H,13,16). The molecule has 1 atom stereocenters. The van der Waals surface area contributed by atoms with Crippen molar-refractivity contribution >= 4 is 17.5 Å². The molecule has 1 aromatic rings. The van der Waals surface area contributed by atoms with Crippen LogP contribution < -0.4 is 5.32 Å². The average Bonchev–Trinajstić information content (AvgIpc) is 2.28. The molecule has 0 saturated carbocycles. The molecule has 3 N–H and O–H groups in total. The van der Waals surface area contributed by atoms with Gasteiger partial charge in [-0.25, -0.2) is 0 Å². The molecule has 1 unspecified atom stereocenters. The van der Waals surface area contributed by atoms with Gasteiger partial charge in [-0.1, -0.05) is 0 Å². The third-order valence-corrected chi connectivity index (χ3v) is 2.49. The highest BCUT2D eigenvalue weighted by Gasteiger charge is 2.15. The molecule has 0 fully saturated rings. The second-order valence-corrected chi connectivity index (χ2v) is 3.79. The molecule has 94 valence electrons. The van der Waals surface area contributed by atoms with Gasteiger partial charge in [0.2, 0.25) is 0 Å². The second kappa shape index (κ2) is 6.32. The summed E-state index contributed by atoms with van der Waals surface area (Å²) in [5, 5.41) is 21.2. The number of amides is 1. The average molecular weight is 260 g/mol. The van der Waals surface area contributed by atoms with Crippen molar-refractivity contribution in [3.63, 3.8) is 0 Å². The van der Waals surface area contributed by atoms with Crippen molar-refractivity contribution in [3.8, 4) is 11.5 Å². The Labute approximate surface area is 104 Å².